The van der Waals surface area contributed by atoms with Gasteiger partial charge in [0.15, 0.2) is 0 Å². The Morgan fingerprint density at radius 3 is 1.66 bits per heavy atom. The summed E-state index contributed by atoms with van der Waals surface area (Å²) < 4.78 is 0. The predicted molar refractivity (Wildman–Crippen MR) is 285 cm³/mol. The lowest BCUT2D eigenvalue weighted by atomic mass is 9.82. The van der Waals surface area contributed by atoms with E-state index in [0.29, 0.717) is 0 Å². The molecular formula is C64H47N3. The van der Waals surface area contributed by atoms with E-state index >= 15 is 0 Å². The Bertz CT molecular complexity index is 3930. The highest BCUT2D eigenvalue weighted by Crippen LogP contribution is 2.55. The van der Waals surface area contributed by atoms with Crippen LogP contribution in [0.15, 0.2) is 212 Å². The molecule has 12 aromatic rings. The van der Waals surface area contributed by atoms with Gasteiger partial charge in [-0.3, -0.25) is 4.98 Å². The van der Waals surface area contributed by atoms with Gasteiger partial charge in [0.1, 0.15) is 0 Å². The summed E-state index contributed by atoms with van der Waals surface area (Å²) in [7, 11) is 0. The smallest absolute Gasteiger partial charge is 0.0722 e. The van der Waals surface area contributed by atoms with E-state index in [1.54, 1.807) is 0 Å². The number of hydrogen-bond acceptors (Lipinski definition) is 3. The summed E-state index contributed by atoms with van der Waals surface area (Å²) >= 11 is 0. The van der Waals surface area contributed by atoms with Crippen LogP contribution in [0.5, 0.6) is 0 Å². The van der Waals surface area contributed by atoms with Crippen molar-refractivity contribution in [3.05, 3.63) is 235 Å². The number of anilines is 6. The molecule has 0 atom stereocenters. The zero-order valence-corrected chi connectivity index (χ0v) is 38.0. The summed E-state index contributed by atoms with van der Waals surface area (Å²) in [6, 6.07) is 76.2. The summed E-state index contributed by atoms with van der Waals surface area (Å²) in [4.78, 5) is 9.79. The fourth-order valence-corrected chi connectivity index (χ4v) is 11.6. The van der Waals surface area contributed by atoms with Gasteiger partial charge in [-0.1, -0.05) is 159 Å². The van der Waals surface area contributed by atoms with E-state index in [4.69, 9.17) is 4.98 Å². The lowest BCUT2D eigenvalue weighted by Crippen LogP contribution is -2.17. The molecule has 3 heteroatoms. The average molecular weight is 858 g/mol. The molecule has 0 aliphatic heterocycles. The molecule has 0 N–H and O–H groups in total. The van der Waals surface area contributed by atoms with Gasteiger partial charge in [0, 0.05) is 61.2 Å². The van der Waals surface area contributed by atoms with Crippen LogP contribution in [0.2, 0.25) is 0 Å². The van der Waals surface area contributed by atoms with Crippen molar-refractivity contribution in [2.45, 2.75) is 33.1 Å². The van der Waals surface area contributed by atoms with Crippen LogP contribution in [0, 0.1) is 13.8 Å². The van der Waals surface area contributed by atoms with E-state index in [2.05, 4.69) is 238 Å². The van der Waals surface area contributed by atoms with Gasteiger partial charge >= 0.3 is 0 Å². The van der Waals surface area contributed by atoms with Gasteiger partial charge in [0.25, 0.3) is 0 Å². The summed E-state index contributed by atoms with van der Waals surface area (Å²) in [6.07, 6.45) is 1.88. The molecule has 0 saturated carbocycles. The Morgan fingerprint density at radius 1 is 0.373 bits per heavy atom. The lowest BCUT2D eigenvalue weighted by molar-refractivity contribution is 0.660. The molecule has 0 fully saturated rings. The van der Waals surface area contributed by atoms with Crippen molar-refractivity contribution in [3.63, 3.8) is 0 Å². The van der Waals surface area contributed by atoms with Crippen molar-refractivity contribution < 1.29 is 0 Å². The molecule has 1 aliphatic carbocycles. The highest BCUT2D eigenvalue weighted by atomic mass is 15.2. The zero-order chi connectivity index (χ0) is 45.0. The standard InChI is InChI=1S/C64H47N3/c1-40-36-58(66(44-21-9-6-10-22-44)46-30-29-43-20-17-35-65-56(43)39-46)52-33-34-53-59(37-41(2)61-51-26-12-11-25-50(51)60(40)62(52)63(53)61)67(57-28-16-14-23-47(57)42-18-7-5-8-19-42)45-31-32-49-48-24-13-15-27-54(48)64(3,4)55(49)38-45/h5-39H,1-4H3. The maximum Gasteiger partial charge on any atom is 0.0722 e. The van der Waals surface area contributed by atoms with Crippen LogP contribution in [0.4, 0.5) is 34.1 Å². The van der Waals surface area contributed by atoms with Crippen LogP contribution in [0.1, 0.15) is 36.1 Å². The van der Waals surface area contributed by atoms with Crippen molar-refractivity contribution in [2.24, 2.45) is 0 Å². The molecule has 13 rings (SSSR count). The Balaban J connectivity index is 1.14. The highest BCUT2D eigenvalue weighted by Gasteiger charge is 2.36. The molecule has 0 radical (unpaired) electrons. The minimum atomic E-state index is -0.163. The summed E-state index contributed by atoms with van der Waals surface area (Å²) in [5.74, 6) is 0. The van der Waals surface area contributed by atoms with Gasteiger partial charge in [-0.2, -0.15) is 0 Å². The number of pyridine rings is 1. The van der Waals surface area contributed by atoms with Crippen LogP contribution in [-0.2, 0) is 5.41 Å². The Morgan fingerprint density at radius 2 is 0.940 bits per heavy atom. The van der Waals surface area contributed by atoms with Gasteiger partial charge in [0.05, 0.1) is 22.6 Å². The number of aromatic nitrogens is 1. The molecule has 0 spiro atoms. The predicted octanol–water partition coefficient (Wildman–Crippen LogP) is 17.8. The number of nitrogens with zero attached hydrogens (tertiary/aromatic N) is 3. The molecule has 1 aromatic heterocycles. The van der Waals surface area contributed by atoms with Gasteiger partial charge in [-0.25, -0.2) is 0 Å². The quantitative estimate of drug-likeness (QED) is 0.118. The number of fused-ring (bicyclic) bond motifs is 7. The molecule has 0 bridgehead atoms. The van der Waals surface area contributed by atoms with Crippen molar-refractivity contribution in [2.75, 3.05) is 9.80 Å². The molecule has 0 saturated heterocycles. The second-order valence-electron chi connectivity index (χ2n) is 18.8. The van der Waals surface area contributed by atoms with E-state index in [1.165, 1.54) is 87.6 Å². The molecule has 11 aromatic carbocycles. The molecule has 0 amide bonds. The first-order chi connectivity index (χ1) is 32.8. The first kappa shape index (κ1) is 39.1. The molecule has 318 valence electrons. The van der Waals surface area contributed by atoms with Gasteiger partial charge in [0.2, 0.25) is 0 Å². The van der Waals surface area contributed by atoms with Crippen LogP contribution >= 0.6 is 0 Å². The van der Waals surface area contributed by atoms with Crippen LogP contribution in [-0.4, -0.2) is 4.98 Å². The normalized spacial score (nSPS) is 12.9. The molecule has 1 heterocycles. The Kier molecular flexibility index (Phi) is 8.69. The van der Waals surface area contributed by atoms with E-state index in [9.17, 15) is 0 Å². The average Bonchev–Trinajstić information content (AvgIpc) is 3.60. The van der Waals surface area contributed by atoms with E-state index < -0.39 is 0 Å². The third-order valence-electron chi connectivity index (χ3n) is 14.6. The maximum absolute atomic E-state index is 4.81. The minimum Gasteiger partial charge on any atom is -0.310 e. The second-order valence-corrected chi connectivity index (χ2v) is 18.8. The first-order valence-corrected chi connectivity index (χ1v) is 23.4. The fourth-order valence-electron chi connectivity index (χ4n) is 11.6. The van der Waals surface area contributed by atoms with Crippen molar-refractivity contribution >= 4 is 88.1 Å². The molecule has 67 heavy (non-hydrogen) atoms. The van der Waals surface area contributed by atoms with Gasteiger partial charge in [-0.15, -0.1) is 0 Å². The number of aryl methyl sites for hydroxylation is 2. The van der Waals surface area contributed by atoms with Crippen LogP contribution in [0.3, 0.4) is 0 Å². The highest BCUT2D eigenvalue weighted by molar-refractivity contribution is 6.38. The maximum atomic E-state index is 4.81. The summed E-state index contributed by atoms with van der Waals surface area (Å²) in [6.45, 7) is 9.37. The SMILES string of the molecule is Cc1cc(N(c2ccccc2)c2ccc3cccnc3c2)c2ccc3c(N(c4ccc5c(c4)C(C)(C)c4ccccc4-5)c4ccccc4-c4ccccc4)cc(C)c4c5ccccc5c1c2c34. The van der Waals surface area contributed by atoms with E-state index in [-0.39, 0.29) is 5.41 Å². The van der Waals surface area contributed by atoms with Gasteiger partial charge < -0.3 is 9.80 Å². The zero-order valence-electron chi connectivity index (χ0n) is 38.0. The molecule has 0 unspecified atom stereocenters. The Labute approximate surface area is 391 Å². The molecule has 3 nitrogen and oxygen atoms in total. The van der Waals surface area contributed by atoms with Crippen molar-refractivity contribution in [3.8, 4) is 22.3 Å². The largest absolute Gasteiger partial charge is 0.310 e. The van der Waals surface area contributed by atoms with Crippen LogP contribution in [0.25, 0.3) is 76.2 Å². The third kappa shape index (κ3) is 5.87. The van der Waals surface area contributed by atoms with Crippen LogP contribution < -0.4 is 9.80 Å². The van der Waals surface area contributed by atoms with E-state index in [0.717, 1.165) is 45.0 Å². The first-order valence-electron chi connectivity index (χ1n) is 23.4. The topological polar surface area (TPSA) is 19.4 Å². The lowest BCUT2D eigenvalue weighted by Gasteiger charge is -2.32. The molecular weight excluding hydrogens is 811 g/mol. The molecule has 1 aliphatic rings. The fraction of sp³-hybridized carbons (Fsp3) is 0.0781. The number of hydrogen-bond donors (Lipinski definition) is 0. The number of rotatable bonds is 7. The number of benzene rings is 11. The number of para-hydroxylation sites is 2. The summed E-state index contributed by atoms with van der Waals surface area (Å²) in [5.41, 5.74) is 17.7. The van der Waals surface area contributed by atoms with Crippen molar-refractivity contribution in [1.29, 1.82) is 0 Å². The monoisotopic (exact) mass is 857 g/mol. The third-order valence-corrected chi connectivity index (χ3v) is 14.6. The minimum absolute atomic E-state index is 0.163. The summed E-state index contributed by atoms with van der Waals surface area (Å²) in [5, 5.41) is 11.3. The second kappa shape index (κ2) is 14.9. The van der Waals surface area contributed by atoms with Gasteiger partial charge in [-0.05, 0) is 135 Å². The Hall–Kier alpha value is -8.27. The van der Waals surface area contributed by atoms with E-state index in [1.807, 2.05) is 12.3 Å². The van der Waals surface area contributed by atoms with Crippen molar-refractivity contribution in [1.82, 2.24) is 4.98 Å².